The van der Waals surface area contributed by atoms with Crippen LogP contribution >= 0.6 is 0 Å². The minimum Gasteiger partial charge on any atom is -0.309 e. The predicted molar refractivity (Wildman–Crippen MR) is 260 cm³/mol. The molecular formula is C59H36N2. The lowest BCUT2D eigenvalue weighted by molar-refractivity contribution is 1.18. The summed E-state index contributed by atoms with van der Waals surface area (Å²) in [6.07, 6.45) is 3.91. The van der Waals surface area contributed by atoms with Gasteiger partial charge >= 0.3 is 0 Å². The highest BCUT2D eigenvalue weighted by Crippen LogP contribution is 2.43. The second kappa shape index (κ2) is 13.2. The van der Waals surface area contributed by atoms with E-state index in [1.54, 1.807) is 0 Å². The smallest absolute Gasteiger partial charge is 0.0620 e. The number of fused-ring (bicyclic) bond motifs is 14. The van der Waals surface area contributed by atoms with E-state index in [0.29, 0.717) is 0 Å². The Bertz CT molecular complexity index is 3900. The lowest BCUT2D eigenvalue weighted by atomic mass is 9.90. The van der Waals surface area contributed by atoms with Crippen molar-refractivity contribution in [3.63, 3.8) is 0 Å². The normalized spacial score (nSPS) is 11.9. The maximum absolute atomic E-state index is 4.58. The summed E-state index contributed by atoms with van der Waals surface area (Å²) in [7, 11) is 0. The van der Waals surface area contributed by atoms with E-state index in [9.17, 15) is 0 Å². The summed E-state index contributed by atoms with van der Waals surface area (Å²) in [5, 5.41) is 17.5. The molecule has 61 heavy (non-hydrogen) atoms. The van der Waals surface area contributed by atoms with Crippen molar-refractivity contribution < 1.29 is 0 Å². The van der Waals surface area contributed by atoms with Gasteiger partial charge < -0.3 is 4.57 Å². The fourth-order valence-electron chi connectivity index (χ4n) is 10.2. The van der Waals surface area contributed by atoms with Gasteiger partial charge in [-0.15, -0.1) is 0 Å². The first-order valence-corrected chi connectivity index (χ1v) is 21.0. The van der Waals surface area contributed by atoms with Gasteiger partial charge in [-0.25, -0.2) is 0 Å². The van der Waals surface area contributed by atoms with Crippen molar-refractivity contribution >= 4 is 86.4 Å². The standard InChI is InChI=1S/C59H36N2/c1-3-11-37(12-4-1)39-22-27-50-51-28-23-40(34-55(51)48-16-8-7-15-47(48)54(50)33-39)38-21-25-45-41(31-38)19-20-42-32-43(24-26-46(42)45)53-35-56-57-36-60-30-29-58(57)61(44-13-5-2-6-14-44)59(56)52-18-10-9-17-49(52)53/h1-36H. The van der Waals surface area contributed by atoms with Crippen LogP contribution in [0.1, 0.15) is 0 Å². The van der Waals surface area contributed by atoms with Crippen LogP contribution in [0.3, 0.4) is 0 Å². The Kier molecular flexibility index (Phi) is 7.34. The fourth-order valence-corrected chi connectivity index (χ4v) is 10.2. The first kappa shape index (κ1) is 33.9. The summed E-state index contributed by atoms with van der Waals surface area (Å²) in [5.74, 6) is 0. The number of rotatable bonds is 4. The molecule has 0 aliphatic carbocycles. The Hall–Kier alpha value is -8.07. The van der Waals surface area contributed by atoms with Crippen molar-refractivity contribution in [2.24, 2.45) is 0 Å². The molecule has 13 aromatic rings. The summed E-state index contributed by atoms with van der Waals surface area (Å²) in [6.45, 7) is 0. The Morgan fingerprint density at radius 1 is 0.295 bits per heavy atom. The van der Waals surface area contributed by atoms with Crippen LogP contribution in [0.25, 0.3) is 126 Å². The number of para-hydroxylation sites is 1. The molecule has 2 nitrogen and oxygen atoms in total. The molecule has 13 rings (SSSR count). The van der Waals surface area contributed by atoms with E-state index in [-0.39, 0.29) is 0 Å². The van der Waals surface area contributed by atoms with Crippen molar-refractivity contribution in [2.45, 2.75) is 0 Å². The molecule has 0 amide bonds. The Balaban J connectivity index is 0.925. The molecule has 0 saturated heterocycles. The molecule has 11 aromatic carbocycles. The molecule has 2 heterocycles. The summed E-state index contributed by atoms with van der Waals surface area (Å²) in [4.78, 5) is 4.58. The molecule has 0 N–H and O–H groups in total. The van der Waals surface area contributed by atoms with E-state index in [4.69, 9.17) is 0 Å². The molecule has 0 fully saturated rings. The number of hydrogen-bond donors (Lipinski definition) is 0. The van der Waals surface area contributed by atoms with E-state index in [1.807, 2.05) is 12.4 Å². The van der Waals surface area contributed by atoms with E-state index < -0.39 is 0 Å². The van der Waals surface area contributed by atoms with Gasteiger partial charge in [-0.2, -0.15) is 0 Å². The van der Waals surface area contributed by atoms with E-state index in [1.165, 1.54) is 109 Å². The van der Waals surface area contributed by atoms with Crippen molar-refractivity contribution in [3.8, 4) is 39.1 Å². The average molecular weight is 773 g/mol. The van der Waals surface area contributed by atoms with Crippen LogP contribution in [-0.4, -0.2) is 9.55 Å². The van der Waals surface area contributed by atoms with Gasteiger partial charge in [-0.1, -0.05) is 158 Å². The van der Waals surface area contributed by atoms with Gasteiger partial charge in [0, 0.05) is 34.2 Å². The Morgan fingerprint density at radius 2 is 0.803 bits per heavy atom. The number of pyridine rings is 1. The van der Waals surface area contributed by atoms with Crippen LogP contribution in [-0.2, 0) is 0 Å². The fraction of sp³-hybridized carbons (Fsp3) is 0. The van der Waals surface area contributed by atoms with Gasteiger partial charge in [0.1, 0.15) is 0 Å². The first-order valence-electron chi connectivity index (χ1n) is 21.0. The average Bonchev–Trinajstić information content (AvgIpc) is 3.68. The van der Waals surface area contributed by atoms with Gasteiger partial charge in [0.15, 0.2) is 0 Å². The molecule has 0 aliphatic heterocycles. The summed E-state index contributed by atoms with van der Waals surface area (Å²) in [5.41, 5.74) is 10.9. The van der Waals surface area contributed by atoms with E-state index >= 15 is 0 Å². The van der Waals surface area contributed by atoms with Gasteiger partial charge in [-0.05, 0) is 141 Å². The summed E-state index contributed by atoms with van der Waals surface area (Å²) in [6, 6.07) is 76.1. The summed E-state index contributed by atoms with van der Waals surface area (Å²) < 4.78 is 2.39. The minimum atomic E-state index is 1.15. The van der Waals surface area contributed by atoms with E-state index in [2.05, 4.69) is 216 Å². The predicted octanol–water partition coefficient (Wildman–Crippen LogP) is 16.1. The van der Waals surface area contributed by atoms with Crippen LogP contribution in [0.15, 0.2) is 219 Å². The molecule has 0 radical (unpaired) electrons. The zero-order valence-corrected chi connectivity index (χ0v) is 33.2. The topological polar surface area (TPSA) is 17.8 Å². The molecule has 0 aliphatic rings. The molecule has 0 saturated carbocycles. The largest absolute Gasteiger partial charge is 0.309 e. The van der Waals surface area contributed by atoms with Crippen molar-refractivity contribution in [2.75, 3.05) is 0 Å². The molecule has 0 bridgehead atoms. The van der Waals surface area contributed by atoms with Crippen LogP contribution in [0, 0.1) is 0 Å². The van der Waals surface area contributed by atoms with Crippen LogP contribution < -0.4 is 0 Å². The molecule has 0 atom stereocenters. The number of hydrogen-bond acceptors (Lipinski definition) is 1. The molecule has 282 valence electrons. The molecular weight excluding hydrogens is 737 g/mol. The second-order valence-corrected chi connectivity index (χ2v) is 16.3. The molecule has 0 spiro atoms. The SMILES string of the molecule is c1ccc(-c2ccc3c4ccc(-c5ccc6c(ccc7cc(-c8cc9c%10cnccc%10n(-c%10ccccc%10)c9c9ccccc89)ccc76)c5)cc4c4ccccc4c3c2)cc1. The van der Waals surface area contributed by atoms with Gasteiger partial charge in [0.25, 0.3) is 0 Å². The summed E-state index contributed by atoms with van der Waals surface area (Å²) >= 11 is 0. The van der Waals surface area contributed by atoms with Crippen LogP contribution in [0.5, 0.6) is 0 Å². The van der Waals surface area contributed by atoms with Crippen molar-refractivity contribution in [1.29, 1.82) is 0 Å². The molecule has 2 heteroatoms. The lowest BCUT2D eigenvalue weighted by Gasteiger charge is -2.14. The zero-order chi connectivity index (χ0) is 40.0. The van der Waals surface area contributed by atoms with E-state index in [0.717, 1.165) is 16.6 Å². The highest BCUT2D eigenvalue weighted by Gasteiger charge is 2.19. The molecule has 2 aromatic heterocycles. The lowest BCUT2D eigenvalue weighted by Crippen LogP contribution is -1.94. The maximum atomic E-state index is 4.58. The highest BCUT2D eigenvalue weighted by atomic mass is 15.0. The van der Waals surface area contributed by atoms with Gasteiger partial charge in [0.05, 0.1) is 11.0 Å². The highest BCUT2D eigenvalue weighted by molar-refractivity contribution is 6.26. The quantitative estimate of drug-likeness (QED) is 0.163. The monoisotopic (exact) mass is 772 g/mol. The van der Waals surface area contributed by atoms with Crippen LogP contribution in [0.2, 0.25) is 0 Å². The second-order valence-electron chi connectivity index (χ2n) is 16.3. The Morgan fingerprint density at radius 3 is 1.48 bits per heavy atom. The van der Waals surface area contributed by atoms with Crippen LogP contribution in [0.4, 0.5) is 0 Å². The van der Waals surface area contributed by atoms with Crippen molar-refractivity contribution in [1.82, 2.24) is 9.55 Å². The molecule has 0 unspecified atom stereocenters. The number of benzene rings is 11. The first-order chi connectivity index (χ1) is 30.2. The zero-order valence-electron chi connectivity index (χ0n) is 33.2. The van der Waals surface area contributed by atoms with Gasteiger partial charge in [-0.3, -0.25) is 4.98 Å². The third kappa shape index (κ3) is 5.19. The number of nitrogens with zero attached hydrogens (tertiary/aromatic N) is 2. The van der Waals surface area contributed by atoms with Gasteiger partial charge in [0.2, 0.25) is 0 Å². The number of aromatic nitrogens is 2. The third-order valence-electron chi connectivity index (χ3n) is 13.0. The maximum Gasteiger partial charge on any atom is 0.0620 e. The minimum absolute atomic E-state index is 1.15. The Labute approximate surface area is 352 Å². The van der Waals surface area contributed by atoms with Crippen molar-refractivity contribution in [3.05, 3.63) is 219 Å². The third-order valence-corrected chi connectivity index (χ3v) is 13.0.